The minimum absolute atomic E-state index is 0. The van der Waals surface area contributed by atoms with Crippen molar-refractivity contribution in [3.05, 3.63) is 29.5 Å². The molecule has 0 aliphatic carbocycles. The molecule has 0 saturated carbocycles. The number of aliphatic carboxylic acids is 1. The van der Waals surface area contributed by atoms with Crippen molar-refractivity contribution in [3.8, 4) is 0 Å². The van der Waals surface area contributed by atoms with E-state index in [-0.39, 0.29) is 24.8 Å². The number of nitrogens with one attached hydrogen (secondary N) is 1. The van der Waals surface area contributed by atoms with E-state index in [1.807, 2.05) is 19.1 Å². The topological polar surface area (TPSA) is 92.0 Å². The van der Waals surface area contributed by atoms with Crippen molar-refractivity contribution in [2.75, 3.05) is 0 Å². The Bertz CT molecular complexity index is 542. The number of benzene rings is 1. The molecule has 1 aromatic carbocycles. The van der Waals surface area contributed by atoms with Gasteiger partial charge in [-0.25, -0.2) is 0 Å². The van der Waals surface area contributed by atoms with Gasteiger partial charge in [-0.05, 0) is 30.5 Å². The minimum Gasteiger partial charge on any atom is -0.480 e. The average Bonchev–Trinajstić information content (AvgIpc) is 2.65. The van der Waals surface area contributed by atoms with Crippen LogP contribution in [0.15, 0.2) is 18.3 Å². The van der Waals surface area contributed by atoms with Crippen molar-refractivity contribution >= 4 is 41.7 Å². The van der Waals surface area contributed by atoms with E-state index in [0.29, 0.717) is 6.42 Å². The van der Waals surface area contributed by atoms with Crippen LogP contribution in [0.3, 0.4) is 0 Å². The van der Waals surface area contributed by atoms with E-state index < -0.39 is 12.0 Å². The Morgan fingerprint density at radius 1 is 1.50 bits per heavy atom. The fourth-order valence-electron chi connectivity index (χ4n) is 1.77. The molecule has 18 heavy (non-hydrogen) atoms. The second-order valence-electron chi connectivity index (χ2n) is 3.90. The first kappa shape index (κ1) is 16.7. The van der Waals surface area contributed by atoms with Gasteiger partial charge in [-0.3, -0.25) is 9.89 Å². The SMILES string of the molecule is Cc1cc(CC(N)C(=O)O)cc2cn[nH]c12.Cl.Cl. The molecule has 0 aliphatic heterocycles. The van der Waals surface area contributed by atoms with E-state index in [9.17, 15) is 4.79 Å². The van der Waals surface area contributed by atoms with Crippen LogP contribution in [0.4, 0.5) is 0 Å². The highest BCUT2D eigenvalue weighted by atomic mass is 35.5. The lowest BCUT2D eigenvalue weighted by Crippen LogP contribution is -2.32. The van der Waals surface area contributed by atoms with Crippen molar-refractivity contribution in [2.24, 2.45) is 5.73 Å². The number of nitrogens with two attached hydrogens (primary N) is 1. The predicted octanol–water partition coefficient (Wildman–Crippen LogP) is 1.67. The van der Waals surface area contributed by atoms with E-state index in [1.54, 1.807) is 6.20 Å². The molecular weight excluding hydrogens is 277 g/mol. The zero-order valence-electron chi connectivity index (χ0n) is 9.71. The number of carbonyl (C=O) groups is 1. The Balaban J connectivity index is 0.00000144. The van der Waals surface area contributed by atoms with Gasteiger partial charge in [-0.1, -0.05) is 6.07 Å². The van der Waals surface area contributed by atoms with Crippen LogP contribution >= 0.6 is 24.8 Å². The molecule has 0 aliphatic rings. The summed E-state index contributed by atoms with van der Waals surface area (Å²) in [4.78, 5) is 10.7. The third-order valence-corrected chi connectivity index (χ3v) is 2.58. The largest absolute Gasteiger partial charge is 0.480 e. The highest BCUT2D eigenvalue weighted by Gasteiger charge is 2.13. The summed E-state index contributed by atoms with van der Waals surface area (Å²) in [6, 6.07) is 2.99. The highest BCUT2D eigenvalue weighted by molar-refractivity contribution is 5.85. The molecule has 4 N–H and O–H groups in total. The quantitative estimate of drug-likeness (QED) is 0.802. The predicted molar refractivity (Wildman–Crippen MR) is 74.6 cm³/mol. The lowest BCUT2D eigenvalue weighted by Gasteiger charge is -2.07. The number of halogens is 2. The molecule has 1 atom stereocenters. The Kier molecular flexibility index (Phi) is 6.11. The number of carboxylic acid groups (broad SMARTS) is 1. The number of H-pyrrole nitrogens is 1. The number of aryl methyl sites for hydroxylation is 1. The van der Waals surface area contributed by atoms with Crippen LogP contribution in [0.2, 0.25) is 0 Å². The smallest absolute Gasteiger partial charge is 0.320 e. The molecule has 1 unspecified atom stereocenters. The van der Waals surface area contributed by atoms with Crippen LogP contribution in [0, 0.1) is 6.92 Å². The number of fused-ring (bicyclic) bond motifs is 1. The van der Waals surface area contributed by atoms with Gasteiger partial charge in [-0.2, -0.15) is 5.10 Å². The van der Waals surface area contributed by atoms with Gasteiger partial charge in [0, 0.05) is 5.39 Å². The van der Waals surface area contributed by atoms with Crippen LogP contribution in [0.25, 0.3) is 10.9 Å². The normalized spacial score (nSPS) is 11.4. The van der Waals surface area contributed by atoms with Crippen molar-refractivity contribution in [2.45, 2.75) is 19.4 Å². The van der Waals surface area contributed by atoms with Gasteiger partial charge in [0.25, 0.3) is 0 Å². The Morgan fingerprint density at radius 3 is 2.78 bits per heavy atom. The third kappa shape index (κ3) is 3.35. The number of hydrogen-bond acceptors (Lipinski definition) is 3. The second kappa shape index (κ2) is 6.58. The molecule has 0 radical (unpaired) electrons. The van der Waals surface area contributed by atoms with Crippen molar-refractivity contribution in [1.29, 1.82) is 0 Å². The monoisotopic (exact) mass is 291 g/mol. The Labute approximate surface area is 117 Å². The Hall–Kier alpha value is -1.30. The molecule has 1 heterocycles. The number of rotatable bonds is 3. The number of carboxylic acids is 1. The number of hydrogen-bond donors (Lipinski definition) is 3. The summed E-state index contributed by atoms with van der Waals surface area (Å²) in [5.41, 5.74) is 8.44. The van der Waals surface area contributed by atoms with E-state index in [1.165, 1.54) is 0 Å². The number of aromatic amines is 1. The summed E-state index contributed by atoms with van der Waals surface area (Å²) in [7, 11) is 0. The van der Waals surface area contributed by atoms with Gasteiger partial charge >= 0.3 is 5.97 Å². The van der Waals surface area contributed by atoms with Crippen molar-refractivity contribution < 1.29 is 9.90 Å². The molecule has 0 saturated heterocycles. The second-order valence-corrected chi connectivity index (χ2v) is 3.90. The maximum absolute atomic E-state index is 10.7. The first-order chi connectivity index (χ1) is 7.58. The van der Waals surface area contributed by atoms with E-state index in [4.69, 9.17) is 10.8 Å². The molecule has 0 bridgehead atoms. The summed E-state index contributed by atoms with van der Waals surface area (Å²) in [5, 5.41) is 16.6. The molecule has 1 aromatic heterocycles. The van der Waals surface area contributed by atoms with Gasteiger partial charge in [0.05, 0.1) is 11.7 Å². The lowest BCUT2D eigenvalue weighted by molar-refractivity contribution is -0.138. The van der Waals surface area contributed by atoms with Crippen LogP contribution in [0.5, 0.6) is 0 Å². The van der Waals surface area contributed by atoms with E-state index in [2.05, 4.69) is 10.2 Å². The van der Waals surface area contributed by atoms with Gasteiger partial charge in [0.2, 0.25) is 0 Å². The molecule has 2 rings (SSSR count). The molecular formula is C11H15Cl2N3O2. The summed E-state index contributed by atoms with van der Waals surface area (Å²) < 4.78 is 0. The zero-order chi connectivity index (χ0) is 11.7. The Morgan fingerprint density at radius 2 is 2.17 bits per heavy atom. The van der Waals surface area contributed by atoms with Gasteiger partial charge < -0.3 is 10.8 Å². The lowest BCUT2D eigenvalue weighted by atomic mass is 10.0. The van der Waals surface area contributed by atoms with Crippen LogP contribution in [-0.4, -0.2) is 27.3 Å². The van der Waals surface area contributed by atoms with Crippen LogP contribution in [0.1, 0.15) is 11.1 Å². The van der Waals surface area contributed by atoms with Crippen molar-refractivity contribution in [3.63, 3.8) is 0 Å². The molecule has 2 aromatic rings. The number of nitrogens with zero attached hydrogens (tertiary/aromatic N) is 1. The van der Waals surface area contributed by atoms with Crippen molar-refractivity contribution in [1.82, 2.24) is 10.2 Å². The molecule has 0 fully saturated rings. The maximum atomic E-state index is 10.7. The summed E-state index contributed by atoms with van der Waals surface area (Å²) in [5.74, 6) is -0.982. The summed E-state index contributed by atoms with van der Waals surface area (Å²) in [6.45, 7) is 1.95. The summed E-state index contributed by atoms with van der Waals surface area (Å²) in [6.07, 6.45) is 2.05. The molecule has 5 nitrogen and oxygen atoms in total. The maximum Gasteiger partial charge on any atom is 0.320 e. The van der Waals surface area contributed by atoms with Gasteiger partial charge in [0.1, 0.15) is 6.04 Å². The van der Waals surface area contributed by atoms with Gasteiger partial charge in [0.15, 0.2) is 0 Å². The minimum atomic E-state index is -0.982. The molecule has 100 valence electrons. The standard InChI is InChI=1S/C11H13N3O2.2ClH/c1-6-2-7(4-9(12)11(15)16)3-8-5-13-14-10(6)8;;/h2-3,5,9H,4,12H2,1H3,(H,13,14)(H,15,16);2*1H. The highest BCUT2D eigenvalue weighted by Crippen LogP contribution is 2.18. The fourth-order valence-corrected chi connectivity index (χ4v) is 1.77. The first-order valence-corrected chi connectivity index (χ1v) is 4.99. The van der Waals surface area contributed by atoms with Gasteiger partial charge in [-0.15, -0.1) is 24.8 Å². The fraction of sp³-hybridized carbons (Fsp3) is 0.273. The molecule has 0 spiro atoms. The van der Waals surface area contributed by atoms with Crippen LogP contribution in [-0.2, 0) is 11.2 Å². The summed E-state index contributed by atoms with van der Waals surface area (Å²) >= 11 is 0. The average molecular weight is 292 g/mol. The van der Waals surface area contributed by atoms with E-state index in [0.717, 1.165) is 22.0 Å². The molecule has 7 heteroatoms. The zero-order valence-corrected chi connectivity index (χ0v) is 11.3. The first-order valence-electron chi connectivity index (χ1n) is 4.99. The van der Waals surface area contributed by atoms with Crippen LogP contribution < -0.4 is 5.73 Å². The number of aromatic nitrogens is 2. The van der Waals surface area contributed by atoms with E-state index >= 15 is 0 Å². The molecule has 0 amide bonds. The third-order valence-electron chi connectivity index (χ3n) is 2.58.